The summed E-state index contributed by atoms with van der Waals surface area (Å²) in [5, 5.41) is 3.76. The van der Waals surface area contributed by atoms with Gasteiger partial charge in [-0.3, -0.25) is 0 Å². The molecule has 1 heterocycles. The van der Waals surface area contributed by atoms with Crippen molar-refractivity contribution in [3.8, 4) is 11.5 Å². The van der Waals surface area contributed by atoms with Crippen LogP contribution in [0.4, 0.5) is 4.39 Å². The van der Waals surface area contributed by atoms with Crippen LogP contribution in [-0.2, 0) is 4.74 Å². The molecule has 0 radical (unpaired) electrons. The number of methoxy groups -OCH3 is 1. The zero-order valence-corrected chi connectivity index (χ0v) is 10.2. The van der Waals surface area contributed by atoms with Crippen molar-refractivity contribution in [3.63, 3.8) is 0 Å². The third-order valence-electron chi connectivity index (χ3n) is 2.41. The molecular formula is C12H14FN3O2. The quantitative estimate of drug-likeness (QED) is 0.897. The van der Waals surface area contributed by atoms with E-state index in [0.717, 1.165) is 5.56 Å². The molecule has 0 amide bonds. The Labute approximate surface area is 104 Å². The zero-order chi connectivity index (χ0) is 13.1. The fraction of sp³-hybridized carbons (Fsp3) is 0.333. The van der Waals surface area contributed by atoms with E-state index in [0.29, 0.717) is 18.0 Å². The topological polar surface area (TPSA) is 74.2 Å². The molecule has 2 aromatic rings. The Kier molecular flexibility index (Phi) is 3.69. The molecule has 1 atom stereocenters. The Morgan fingerprint density at radius 3 is 2.89 bits per heavy atom. The van der Waals surface area contributed by atoms with Crippen molar-refractivity contribution in [3.05, 3.63) is 35.4 Å². The lowest BCUT2D eigenvalue weighted by Crippen LogP contribution is -2.17. The summed E-state index contributed by atoms with van der Waals surface area (Å²) in [6.45, 7) is 2.08. The number of halogens is 1. The first kappa shape index (κ1) is 12.7. The highest BCUT2D eigenvalue weighted by atomic mass is 19.1. The summed E-state index contributed by atoms with van der Waals surface area (Å²) in [7, 11) is 1.54. The number of aromatic nitrogens is 2. The van der Waals surface area contributed by atoms with Crippen molar-refractivity contribution >= 4 is 0 Å². The van der Waals surface area contributed by atoms with E-state index < -0.39 is 6.04 Å². The molecule has 1 aromatic carbocycles. The van der Waals surface area contributed by atoms with E-state index in [1.165, 1.54) is 19.2 Å². The highest BCUT2D eigenvalue weighted by Crippen LogP contribution is 2.21. The lowest BCUT2D eigenvalue weighted by molar-refractivity contribution is 0.177. The number of hydrogen-bond donors (Lipinski definition) is 1. The van der Waals surface area contributed by atoms with Gasteiger partial charge >= 0.3 is 0 Å². The number of ether oxygens (including phenoxy) is 1. The van der Waals surface area contributed by atoms with Crippen LogP contribution in [0.1, 0.15) is 17.4 Å². The lowest BCUT2D eigenvalue weighted by atomic mass is 10.1. The van der Waals surface area contributed by atoms with Crippen LogP contribution in [0, 0.1) is 12.7 Å². The van der Waals surface area contributed by atoms with Crippen molar-refractivity contribution in [2.45, 2.75) is 13.0 Å². The summed E-state index contributed by atoms with van der Waals surface area (Å²) >= 11 is 0. The van der Waals surface area contributed by atoms with E-state index in [9.17, 15) is 4.39 Å². The number of nitrogens with zero attached hydrogens (tertiary/aromatic N) is 2. The van der Waals surface area contributed by atoms with E-state index in [1.54, 1.807) is 13.0 Å². The molecule has 2 rings (SSSR count). The van der Waals surface area contributed by atoms with Crippen LogP contribution in [0.5, 0.6) is 0 Å². The van der Waals surface area contributed by atoms with E-state index in [1.807, 2.05) is 0 Å². The first-order chi connectivity index (χ1) is 8.60. The van der Waals surface area contributed by atoms with Gasteiger partial charge in [0.2, 0.25) is 0 Å². The van der Waals surface area contributed by atoms with Crippen molar-refractivity contribution in [1.82, 2.24) is 10.1 Å². The third kappa shape index (κ3) is 2.72. The second kappa shape index (κ2) is 5.24. The zero-order valence-electron chi connectivity index (χ0n) is 10.2. The number of rotatable bonds is 4. The molecule has 0 saturated heterocycles. The van der Waals surface area contributed by atoms with E-state index >= 15 is 0 Å². The van der Waals surface area contributed by atoms with Gasteiger partial charge in [0.25, 0.3) is 5.89 Å². The van der Waals surface area contributed by atoms with Crippen LogP contribution in [-0.4, -0.2) is 23.9 Å². The van der Waals surface area contributed by atoms with Crippen LogP contribution >= 0.6 is 0 Å². The third-order valence-corrected chi connectivity index (χ3v) is 2.41. The minimum Gasteiger partial charge on any atom is -0.383 e. The van der Waals surface area contributed by atoms with Gasteiger partial charge in [0.15, 0.2) is 5.82 Å². The van der Waals surface area contributed by atoms with Crippen LogP contribution in [0.2, 0.25) is 0 Å². The Balaban J connectivity index is 2.29. The fourth-order valence-electron chi connectivity index (χ4n) is 1.62. The summed E-state index contributed by atoms with van der Waals surface area (Å²) in [5.74, 6) is 0.249. The summed E-state index contributed by atoms with van der Waals surface area (Å²) in [5.41, 5.74) is 7.09. The van der Waals surface area contributed by atoms with Crippen LogP contribution < -0.4 is 5.73 Å². The molecule has 2 N–H and O–H groups in total. The molecule has 5 nitrogen and oxygen atoms in total. The first-order valence-electron chi connectivity index (χ1n) is 5.46. The molecule has 0 saturated carbocycles. The van der Waals surface area contributed by atoms with Crippen LogP contribution in [0.25, 0.3) is 11.5 Å². The molecule has 0 aliphatic heterocycles. The number of benzene rings is 1. The minimum atomic E-state index is -0.456. The molecule has 0 spiro atoms. The maximum absolute atomic E-state index is 13.3. The monoisotopic (exact) mass is 251 g/mol. The summed E-state index contributed by atoms with van der Waals surface area (Å²) in [6.07, 6.45) is 0. The summed E-state index contributed by atoms with van der Waals surface area (Å²) in [6, 6.07) is 4.08. The normalized spacial score (nSPS) is 12.7. The van der Waals surface area contributed by atoms with Crippen LogP contribution in [0.15, 0.2) is 22.7 Å². The smallest absolute Gasteiger partial charge is 0.258 e. The summed E-state index contributed by atoms with van der Waals surface area (Å²) < 4.78 is 23.2. The maximum atomic E-state index is 13.3. The lowest BCUT2D eigenvalue weighted by Gasteiger charge is -2.03. The van der Waals surface area contributed by atoms with E-state index in [2.05, 4.69) is 10.1 Å². The largest absolute Gasteiger partial charge is 0.383 e. The van der Waals surface area contributed by atoms with Gasteiger partial charge in [0, 0.05) is 12.7 Å². The fourth-order valence-corrected chi connectivity index (χ4v) is 1.62. The number of hydrogen-bond acceptors (Lipinski definition) is 5. The molecule has 0 bridgehead atoms. The molecule has 6 heteroatoms. The Morgan fingerprint density at radius 1 is 1.44 bits per heavy atom. The first-order valence-corrected chi connectivity index (χ1v) is 5.46. The van der Waals surface area contributed by atoms with Crippen molar-refractivity contribution < 1.29 is 13.7 Å². The molecular weight excluding hydrogens is 237 g/mol. The van der Waals surface area contributed by atoms with Crippen molar-refractivity contribution in [2.75, 3.05) is 13.7 Å². The number of aryl methyl sites for hydroxylation is 1. The van der Waals surface area contributed by atoms with Crippen LogP contribution in [0.3, 0.4) is 0 Å². The highest BCUT2D eigenvalue weighted by Gasteiger charge is 2.15. The molecule has 0 fully saturated rings. The van der Waals surface area contributed by atoms with Gasteiger partial charge in [-0.2, -0.15) is 4.98 Å². The van der Waals surface area contributed by atoms with Gasteiger partial charge in [0.05, 0.1) is 12.6 Å². The average Bonchev–Trinajstić information content (AvgIpc) is 2.77. The highest BCUT2D eigenvalue weighted by molar-refractivity contribution is 5.54. The molecule has 0 aliphatic rings. The predicted molar refractivity (Wildman–Crippen MR) is 63.2 cm³/mol. The molecule has 1 aromatic heterocycles. The Bertz CT molecular complexity index is 522. The molecule has 0 aliphatic carbocycles. The van der Waals surface area contributed by atoms with E-state index in [-0.39, 0.29) is 11.7 Å². The molecule has 96 valence electrons. The minimum absolute atomic E-state index is 0.249. The van der Waals surface area contributed by atoms with Gasteiger partial charge in [-0.25, -0.2) is 4.39 Å². The van der Waals surface area contributed by atoms with Gasteiger partial charge in [-0.1, -0.05) is 5.16 Å². The second-order valence-corrected chi connectivity index (χ2v) is 4.04. The van der Waals surface area contributed by atoms with Crippen molar-refractivity contribution in [1.29, 1.82) is 0 Å². The average molecular weight is 251 g/mol. The predicted octanol–water partition coefficient (Wildman–Crippen LogP) is 1.83. The van der Waals surface area contributed by atoms with E-state index in [4.69, 9.17) is 15.0 Å². The Hall–Kier alpha value is -1.79. The maximum Gasteiger partial charge on any atom is 0.258 e. The van der Waals surface area contributed by atoms with Gasteiger partial charge in [-0.15, -0.1) is 0 Å². The molecule has 18 heavy (non-hydrogen) atoms. The standard InChI is InChI=1S/C12H14FN3O2/c1-7-3-8(5-9(13)4-7)12-15-11(16-18-12)10(14)6-17-2/h3-5,10H,6,14H2,1-2H3. The SMILES string of the molecule is COCC(N)c1noc(-c2cc(C)cc(F)c2)n1. The summed E-state index contributed by atoms with van der Waals surface area (Å²) in [4.78, 5) is 4.13. The van der Waals surface area contributed by atoms with Gasteiger partial charge in [0.1, 0.15) is 5.82 Å². The van der Waals surface area contributed by atoms with Crippen molar-refractivity contribution in [2.24, 2.45) is 5.73 Å². The van der Waals surface area contributed by atoms with Gasteiger partial charge in [-0.05, 0) is 30.7 Å². The second-order valence-electron chi connectivity index (χ2n) is 4.04. The molecule has 1 unspecified atom stereocenters. The Morgan fingerprint density at radius 2 is 2.22 bits per heavy atom. The number of nitrogens with two attached hydrogens (primary N) is 1. The van der Waals surface area contributed by atoms with Gasteiger partial charge < -0.3 is 15.0 Å².